The van der Waals surface area contributed by atoms with Crippen molar-refractivity contribution in [2.75, 3.05) is 24.5 Å². The Morgan fingerprint density at radius 2 is 2.09 bits per heavy atom. The first kappa shape index (κ1) is 15.4. The Balaban J connectivity index is 1.62. The molecule has 0 aromatic carbocycles. The summed E-state index contributed by atoms with van der Waals surface area (Å²) in [5, 5.41) is 3.54. The normalized spacial score (nSPS) is 25.1. The topological polar surface area (TPSA) is 28.2 Å². The van der Waals surface area contributed by atoms with Crippen molar-refractivity contribution in [1.82, 2.24) is 10.3 Å². The van der Waals surface area contributed by atoms with Gasteiger partial charge in [0.15, 0.2) is 0 Å². The fraction of sp³-hybridized carbons (Fsp3) is 0.750. The van der Waals surface area contributed by atoms with E-state index in [0.717, 1.165) is 25.6 Å². The Morgan fingerprint density at radius 1 is 1.22 bits per heavy atom. The van der Waals surface area contributed by atoms with Crippen LogP contribution in [0.1, 0.15) is 62.1 Å². The van der Waals surface area contributed by atoms with Crippen molar-refractivity contribution in [3.8, 4) is 0 Å². The Morgan fingerprint density at radius 3 is 2.91 bits per heavy atom. The van der Waals surface area contributed by atoms with Crippen LogP contribution in [0.25, 0.3) is 0 Å². The Kier molecular flexibility index (Phi) is 4.57. The molecule has 3 nitrogen and oxygen atoms in total. The number of rotatable bonds is 3. The van der Waals surface area contributed by atoms with Gasteiger partial charge in [0.2, 0.25) is 0 Å². The lowest BCUT2D eigenvalue weighted by atomic mass is 9.82. The van der Waals surface area contributed by atoms with Crippen LogP contribution in [0.15, 0.2) is 6.20 Å². The molecule has 1 aromatic heterocycles. The van der Waals surface area contributed by atoms with Gasteiger partial charge < -0.3 is 10.2 Å². The molecule has 1 aliphatic carbocycles. The zero-order chi connectivity index (χ0) is 15.6. The van der Waals surface area contributed by atoms with Crippen molar-refractivity contribution < 1.29 is 0 Å². The molecule has 0 amide bonds. The zero-order valence-electron chi connectivity index (χ0n) is 14.6. The summed E-state index contributed by atoms with van der Waals surface area (Å²) in [5.41, 5.74) is 4.78. The lowest BCUT2D eigenvalue weighted by Crippen LogP contribution is -2.53. The molecule has 1 saturated heterocycles. The van der Waals surface area contributed by atoms with Gasteiger partial charge in [0, 0.05) is 31.9 Å². The third-order valence-corrected chi connectivity index (χ3v) is 6.30. The number of nitrogens with one attached hydrogen (secondary N) is 1. The second-order valence-electron chi connectivity index (χ2n) is 7.72. The maximum atomic E-state index is 4.98. The highest BCUT2D eigenvalue weighted by atomic mass is 15.3. The number of piperazine rings is 1. The summed E-state index contributed by atoms with van der Waals surface area (Å²) < 4.78 is 0. The molecule has 3 heterocycles. The zero-order valence-corrected chi connectivity index (χ0v) is 14.6. The minimum absolute atomic E-state index is 0.664. The van der Waals surface area contributed by atoms with E-state index in [0.29, 0.717) is 6.04 Å². The summed E-state index contributed by atoms with van der Waals surface area (Å²) >= 11 is 0. The van der Waals surface area contributed by atoms with E-state index in [9.17, 15) is 0 Å². The molecule has 3 aliphatic rings. The fourth-order valence-electron chi connectivity index (χ4n) is 5.06. The van der Waals surface area contributed by atoms with Gasteiger partial charge in [0.1, 0.15) is 5.82 Å². The van der Waals surface area contributed by atoms with Crippen LogP contribution < -0.4 is 10.2 Å². The van der Waals surface area contributed by atoms with E-state index < -0.39 is 0 Å². The average Bonchev–Trinajstić information content (AvgIpc) is 2.62. The molecular weight excluding hydrogens is 282 g/mol. The first-order valence-electron chi connectivity index (χ1n) is 9.83. The van der Waals surface area contributed by atoms with Crippen LogP contribution >= 0.6 is 0 Å². The summed E-state index contributed by atoms with van der Waals surface area (Å²) in [6.07, 6.45) is 14.4. The van der Waals surface area contributed by atoms with Gasteiger partial charge in [0.25, 0.3) is 0 Å². The highest BCUT2D eigenvalue weighted by Gasteiger charge is 2.31. The quantitative estimate of drug-likeness (QED) is 0.926. The molecule has 1 N–H and O–H groups in total. The van der Waals surface area contributed by atoms with Crippen LogP contribution in [0.3, 0.4) is 0 Å². The van der Waals surface area contributed by atoms with Crippen molar-refractivity contribution in [2.45, 2.75) is 70.8 Å². The smallest absolute Gasteiger partial charge is 0.132 e. The predicted molar refractivity (Wildman–Crippen MR) is 96.2 cm³/mol. The van der Waals surface area contributed by atoms with Crippen LogP contribution in [-0.4, -0.2) is 30.7 Å². The molecule has 23 heavy (non-hydrogen) atoms. The van der Waals surface area contributed by atoms with Crippen molar-refractivity contribution in [2.24, 2.45) is 5.92 Å². The molecule has 4 rings (SSSR count). The fourth-order valence-corrected chi connectivity index (χ4v) is 5.06. The lowest BCUT2D eigenvalue weighted by Gasteiger charge is -2.42. The molecule has 1 atom stereocenters. The van der Waals surface area contributed by atoms with Crippen molar-refractivity contribution in [3.05, 3.63) is 22.9 Å². The van der Waals surface area contributed by atoms with Gasteiger partial charge in [-0.05, 0) is 48.3 Å². The number of hydrogen-bond donors (Lipinski definition) is 1. The SMILES string of the molecule is CCc1c(CC2CCCCC2)cnc2c1CC[C@@H]1CNCCN21. The number of hydrogen-bond acceptors (Lipinski definition) is 3. The van der Waals surface area contributed by atoms with E-state index >= 15 is 0 Å². The third kappa shape index (κ3) is 3.00. The minimum atomic E-state index is 0.664. The third-order valence-electron chi connectivity index (χ3n) is 6.30. The van der Waals surface area contributed by atoms with Crippen LogP contribution in [0.4, 0.5) is 5.82 Å². The molecular formula is C20H31N3. The molecule has 2 aliphatic heterocycles. The van der Waals surface area contributed by atoms with Gasteiger partial charge in [-0.25, -0.2) is 4.98 Å². The first-order valence-corrected chi connectivity index (χ1v) is 9.83. The van der Waals surface area contributed by atoms with E-state index in [-0.39, 0.29) is 0 Å². The minimum Gasteiger partial charge on any atom is -0.351 e. The van der Waals surface area contributed by atoms with E-state index in [1.165, 1.54) is 63.6 Å². The number of nitrogens with zero attached hydrogens (tertiary/aromatic N) is 2. The van der Waals surface area contributed by atoms with Gasteiger partial charge in [0.05, 0.1) is 0 Å². The van der Waals surface area contributed by atoms with E-state index in [2.05, 4.69) is 23.3 Å². The van der Waals surface area contributed by atoms with Crippen molar-refractivity contribution in [1.29, 1.82) is 0 Å². The standard InChI is InChI=1S/C20H31N3/c1-2-18-16(12-15-6-4-3-5-7-15)13-22-20-19(18)9-8-17-14-21-10-11-23(17)20/h13,15,17,21H,2-12,14H2,1H3/t17-/m1/s1. The van der Waals surface area contributed by atoms with Crippen LogP contribution in [0.2, 0.25) is 0 Å². The number of pyridine rings is 1. The van der Waals surface area contributed by atoms with Crippen LogP contribution in [0, 0.1) is 5.92 Å². The summed E-state index contributed by atoms with van der Waals surface area (Å²) in [6.45, 7) is 5.69. The van der Waals surface area contributed by atoms with E-state index in [4.69, 9.17) is 4.98 Å². The van der Waals surface area contributed by atoms with E-state index in [1.807, 2.05) is 0 Å². The Bertz CT molecular complexity index is 548. The summed E-state index contributed by atoms with van der Waals surface area (Å²) in [4.78, 5) is 7.56. The molecule has 126 valence electrons. The number of aromatic nitrogens is 1. The summed E-state index contributed by atoms with van der Waals surface area (Å²) in [5.74, 6) is 2.22. The van der Waals surface area contributed by atoms with Gasteiger partial charge in [-0.15, -0.1) is 0 Å². The van der Waals surface area contributed by atoms with Crippen molar-refractivity contribution >= 4 is 5.82 Å². The molecule has 3 heteroatoms. The van der Waals surface area contributed by atoms with E-state index in [1.54, 1.807) is 16.7 Å². The maximum absolute atomic E-state index is 4.98. The molecule has 0 spiro atoms. The predicted octanol–water partition coefficient (Wildman–Crippen LogP) is 3.49. The van der Waals surface area contributed by atoms with Gasteiger partial charge in [-0.2, -0.15) is 0 Å². The molecule has 1 saturated carbocycles. The maximum Gasteiger partial charge on any atom is 0.132 e. The summed E-state index contributed by atoms with van der Waals surface area (Å²) in [6, 6.07) is 0.664. The van der Waals surface area contributed by atoms with Gasteiger partial charge in [-0.3, -0.25) is 0 Å². The molecule has 0 radical (unpaired) electrons. The lowest BCUT2D eigenvalue weighted by molar-refractivity contribution is 0.355. The molecule has 1 aromatic rings. The molecule has 0 unspecified atom stereocenters. The Hall–Kier alpha value is -1.09. The second-order valence-corrected chi connectivity index (χ2v) is 7.72. The number of fused-ring (bicyclic) bond motifs is 3. The highest BCUT2D eigenvalue weighted by molar-refractivity contribution is 5.56. The monoisotopic (exact) mass is 313 g/mol. The molecule has 2 fully saturated rings. The van der Waals surface area contributed by atoms with Gasteiger partial charge in [-0.1, -0.05) is 39.0 Å². The Labute approximate surface area is 140 Å². The second kappa shape index (κ2) is 6.80. The summed E-state index contributed by atoms with van der Waals surface area (Å²) in [7, 11) is 0. The van der Waals surface area contributed by atoms with Gasteiger partial charge >= 0.3 is 0 Å². The van der Waals surface area contributed by atoms with Crippen LogP contribution in [0.5, 0.6) is 0 Å². The van der Waals surface area contributed by atoms with Crippen LogP contribution in [-0.2, 0) is 19.3 Å². The average molecular weight is 313 g/mol. The number of anilines is 1. The van der Waals surface area contributed by atoms with Crippen molar-refractivity contribution in [3.63, 3.8) is 0 Å². The highest BCUT2D eigenvalue weighted by Crippen LogP contribution is 2.35. The first-order chi connectivity index (χ1) is 11.4. The molecule has 0 bridgehead atoms. The largest absolute Gasteiger partial charge is 0.351 e.